The Kier molecular flexibility index (Phi) is 3.69. The molecule has 0 radical (unpaired) electrons. The normalized spacial score (nSPS) is 15.3. The number of amides is 1. The summed E-state index contributed by atoms with van der Waals surface area (Å²) in [6.07, 6.45) is 3.85. The van der Waals surface area contributed by atoms with Gasteiger partial charge in [-0.2, -0.15) is 0 Å². The molecule has 0 bridgehead atoms. The summed E-state index contributed by atoms with van der Waals surface area (Å²) in [6, 6.07) is 14.8. The molecule has 4 rings (SSSR count). The Morgan fingerprint density at radius 1 is 1.16 bits per heavy atom. The summed E-state index contributed by atoms with van der Waals surface area (Å²) in [4.78, 5) is 29.0. The van der Waals surface area contributed by atoms with Crippen molar-refractivity contribution in [1.82, 2.24) is 9.55 Å². The first kappa shape index (κ1) is 15.3. The Hall–Kier alpha value is -3.21. The molecular weight excluding hydrogens is 314 g/mol. The van der Waals surface area contributed by atoms with Gasteiger partial charge in [0.05, 0.1) is 10.9 Å². The monoisotopic (exact) mass is 331 g/mol. The average Bonchev–Trinajstić information content (AvgIpc) is 2.63. The maximum atomic E-state index is 12.9. The van der Waals surface area contributed by atoms with E-state index in [1.165, 1.54) is 6.07 Å². The number of carbonyl (C=O) groups is 1. The van der Waals surface area contributed by atoms with Crippen LogP contribution in [0.5, 0.6) is 0 Å². The van der Waals surface area contributed by atoms with E-state index in [1.807, 2.05) is 30.3 Å². The third-order valence-corrected chi connectivity index (χ3v) is 4.49. The quantitative estimate of drug-likeness (QED) is 0.784. The van der Waals surface area contributed by atoms with Gasteiger partial charge in [-0.1, -0.05) is 30.3 Å². The molecule has 0 fully saturated rings. The fourth-order valence-electron chi connectivity index (χ4n) is 3.25. The number of hydrogen-bond donors (Lipinski definition) is 1. The Morgan fingerprint density at radius 2 is 1.96 bits per heavy atom. The van der Waals surface area contributed by atoms with E-state index in [1.54, 1.807) is 16.7 Å². The van der Waals surface area contributed by atoms with Gasteiger partial charge in [0.1, 0.15) is 5.82 Å². The van der Waals surface area contributed by atoms with Crippen LogP contribution in [0.3, 0.4) is 0 Å². The predicted octanol–water partition coefficient (Wildman–Crippen LogP) is 2.83. The molecule has 0 aliphatic carbocycles. The number of nitrogens with zero attached hydrogens (tertiary/aromatic N) is 2. The number of hydrogen-bond acceptors (Lipinski definition) is 3. The van der Waals surface area contributed by atoms with Gasteiger partial charge >= 0.3 is 0 Å². The van der Waals surface area contributed by atoms with E-state index in [-0.39, 0.29) is 5.56 Å². The van der Waals surface area contributed by atoms with Crippen molar-refractivity contribution < 1.29 is 4.79 Å². The van der Waals surface area contributed by atoms with E-state index in [0.717, 1.165) is 24.0 Å². The van der Waals surface area contributed by atoms with Crippen LogP contribution < -0.4 is 11.3 Å². The first-order valence-corrected chi connectivity index (χ1v) is 8.24. The van der Waals surface area contributed by atoms with Crippen molar-refractivity contribution >= 4 is 28.5 Å². The number of allylic oxidation sites excluding steroid dienone is 1. The molecule has 1 aromatic heterocycles. The molecule has 5 nitrogen and oxygen atoms in total. The van der Waals surface area contributed by atoms with E-state index in [4.69, 9.17) is 10.7 Å². The van der Waals surface area contributed by atoms with Gasteiger partial charge in [-0.25, -0.2) is 4.98 Å². The van der Waals surface area contributed by atoms with Crippen molar-refractivity contribution in [3.63, 3.8) is 0 Å². The summed E-state index contributed by atoms with van der Waals surface area (Å²) < 4.78 is 1.70. The zero-order chi connectivity index (χ0) is 17.4. The minimum Gasteiger partial charge on any atom is -0.366 e. The smallest absolute Gasteiger partial charge is 0.261 e. The van der Waals surface area contributed by atoms with Crippen molar-refractivity contribution in [1.29, 1.82) is 0 Å². The Labute approximate surface area is 144 Å². The zero-order valence-corrected chi connectivity index (χ0v) is 13.6. The Bertz CT molecular complexity index is 1070. The molecule has 1 aliphatic rings. The van der Waals surface area contributed by atoms with Crippen molar-refractivity contribution in [3.05, 3.63) is 75.8 Å². The molecule has 1 amide bonds. The molecule has 5 heteroatoms. The lowest BCUT2D eigenvalue weighted by Crippen LogP contribution is -2.28. The first-order valence-electron chi connectivity index (χ1n) is 8.24. The van der Waals surface area contributed by atoms with E-state index in [2.05, 4.69) is 6.08 Å². The highest BCUT2D eigenvalue weighted by atomic mass is 16.1. The molecule has 0 spiro atoms. The third-order valence-electron chi connectivity index (χ3n) is 4.49. The van der Waals surface area contributed by atoms with Crippen molar-refractivity contribution in [2.45, 2.75) is 19.4 Å². The first-order chi connectivity index (χ1) is 12.1. The number of rotatable bonds is 2. The maximum absolute atomic E-state index is 12.9. The number of aromatic nitrogens is 2. The third kappa shape index (κ3) is 2.74. The van der Waals surface area contributed by atoms with Gasteiger partial charge in [0, 0.05) is 12.1 Å². The summed E-state index contributed by atoms with van der Waals surface area (Å²) in [5.41, 5.74) is 8.25. The lowest BCUT2D eigenvalue weighted by Gasteiger charge is -2.21. The van der Waals surface area contributed by atoms with Gasteiger partial charge in [-0.15, -0.1) is 0 Å². The molecule has 2 aromatic carbocycles. The minimum atomic E-state index is -0.548. The van der Waals surface area contributed by atoms with E-state index >= 15 is 0 Å². The predicted molar refractivity (Wildman–Crippen MR) is 98.1 cm³/mol. The van der Waals surface area contributed by atoms with Gasteiger partial charge in [0.2, 0.25) is 5.91 Å². The van der Waals surface area contributed by atoms with Gasteiger partial charge in [-0.05, 0) is 48.3 Å². The number of nitrogens with two attached hydrogens (primary N) is 1. The van der Waals surface area contributed by atoms with Crippen LogP contribution in [-0.2, 0) is 6.54 Å². The summed E-state index contributed by atoms with van der Waals surface area (Å²) in [7, 11) is 0. The van der Waals surface area contributed by atoms with E-state index < -0.39 is 5.91 Å². The lowest BCUT2D eigenvalue weighted by atomic mass is 10.0. The summed E-state index contributed by atoms with van der Waals surface area (Å²) in [6.45, 7) is 0.629. The van der Waals surface area contributed by atoms with Crippen molar-refractivity contribution in [3.8, 4) is 0 Å². The van der Waals surface area contributed by atoms with Crippen LogP contribution in [0.2, 0.25) is 0 Å². The Morgan fingerprint density at radius 3 is 2.72 bits per heavy atom. The van der Waals surface area contributed by atoms with Crippen molar-refractivity contribution in [2.75, 3.05) is 0 Å². The SMILES string of the molecule is NC(=O)c1ccc2nc3n(c(=O)c2c1)CCCC3=Cc1ccccc1. The molecule has 25 heavy (non-hydrogen) atoms. The van der Waals surface area contributed by atoms with Crippen molar-refractivity contribution in [2.24, 2.45) is 5.73 Å². The molecule has 0 saturated carbocycles. The van der Waals surface area contributed by atoms with Gasteiger partial charge in [-0.3, -0.25) is 14.2 Å². The van der Waals surface area contributed by atoms with Crippen LogP contribution in [0.4, 0.5) is 0 Å². The molecular formula is C20H17N3O2. The van der Waals surface area contributed by atoms with Gasteiger partial charge in [0.25, 0.3) is 5.56 Å². The lowest BCUT2D eigenvalue weighted by molar-refractivity contribution is 0.100. The molecule has 1 aliphatic heterocycles. The highest BCUT2D eigenvalue weighted by molar-refractivity contribution is 5.97. The van der Waals surface area contributed by atoms with Crippen LogP contribution in [-0.4, -0.2) is 15.5 Å². The zero-order valence-electron chi connectivity index (χ0n) is 13.6. The van der Waals surface area contributed by atoms with Crippen LogP contribution in [0.1, 0.15) is 34.6 Å². The van der Waals surface area contributed by atoms with Gasteiger partial charge in [0.15, 0.2) is 0 Å². The number of benzene rings is 2. The molecule has 124 valence electrons. The second-order valence-corrected chi connectivity index (χ2v) is 6.17. The standard InChI is InChI=1S/C20H17N3O2/c21-18(24)14-8-9-17-16(12-14)20(25)23-10-4-7-15(19(23)22-17)11-13-5-2-1-3-6-13/h1-3,5-6,8-9,11-12H,4,7,10H2,(H2,21,24). The second-order valence-electron chi connectivity index (χ2n) is 6.17. The molecule has 2 N–H and O–H groups in total. The second kappa shape index (κ2) is 6.02. The number of carbonyl (C=O) groups excluding carboxylic acids is 1. The largest absolute Gasteiger partial charge is 0.366 e. The summed E-state index contributed by atoms with van der Waals surface area (Å²) in [5.74, 6) is 0.160. The average molecular weight is 331 g/mol. The highest BCUT2D eigenvalue weighted by Crippen LogP contribution is 2.27. The summed E-state index contributed by atoms with van der Waals surface area (Å²) in [5, 5.41) is 0.431. The van der Waals surface area contributed by atoms with Gasteiger partial charge < -0.3 is 5.73 Å². The maximum Gasteiger partial charge on any atom is 0.261 e. The summed E-state index contributed by atoms with van der Waals surface area (Å²) >= 11 is 0. The topological polar surface area (TPSA) is 78.0 Å². The highest BCUT2D eigenvalue weighted by Gasteiger charge is 2.19. The van der Waals surface area contributed by atoms with Crippen LogP contribution >= 0.6 is 0 Å². The van der Waals surface area contributed by atoms with E-state index in [9.17, 15) is 9.59 Å². The molecule has 0 atom stereocenters. The molecule has 3 aromatic rings. The van der Waals surface area contributed by atoms with Crippen LogP contribution in [0, 0.1) is 0 Å². The molecule has 0 unspecified atom stereocenters. The molecule has 2 heterocycles. The van der Waals surface area contributed by atoms with Crippen LogP contribution in [0.15, 0.2) is 53.3 Å². The van der Waals surface area contributed by atoms with Crippen LogP contribution in [0.25, 0.3) is 22.6 Å². The fraction of sp³-hybridized carbons (Fsp3) is 0.150. The number of fused-ring (bicyclic) bond motifs is 2. The number of primary amides is 1. The van der Waals surface area contributed by atoms with E-state index in [0.29, 0.717) is 28.8 Å². The minimum absolute atomic E-state index is 0.123. The molecule has 0 saturated heterocycles. The Balaban J connectivity index is 1.92. The fourth-order valence-corrected chi connectivity index (χ4v) is 3.25.